The van der Waals surface area contributed by atoms with E-state index in [2.05, 4.69) is 126 Å². The summed E-state index contributed by atoms with van der Waals surface area (Å²) in [6.07, 6.45) is -3.90. The van der Waals surface area contributed by atoms with Crippen LogP contribution in [0.15, 0.2) is 72.8 Å². The summed E-state index contributed by atoms with van der Waals surface area (Å²) in [5.74, 6) is 1.18. The zero-order chi connectivity index (χ0) is 40.1. The van der Waals surface area contributed by atoms with Gasteiger partial charge in [-0.15, -0.1) is 0 Å². The molecule has 55 heavy (non-hydrogen) atoms. The lowest BCUT2D eigenvalue weighted by Crippen LogP contribution is -2.49. The van der Waals surface area contributed by atoms with Crippen LogP contribution in [0.2, 0.25) is 0 Å². The fourth-order valence-corrected chi connectivity index (χ4v) is 9.77. The van der Waals surface area contributed by atoms with Gasteiger partial charge in [-0.3, -0.25) is 0 Å². The van der Waals surface area contributed by atoms with Crippen molar-refractivity contribution in [1.82, 2.24) is 0 Å². The van der Waals surface area contributed by atoms with Crippen LogP contribution in [0.3, 0.4) is 0 Å². The number of nitrogens with zero attached hydrogens (tertiary/aromatic N) is 2. The van der Waals surface area contributed by atoms with Crippen LogP contribution >= 0.6 is 0 Å². The van der Waals surface area contributed by atoms with Crippen molar-refractivity contribution in [3.63, 3.8) is 0 Å². The van der Waals surface area contributed by atoms with E-state index in [1.54, 1.807) is 13.8 Å². The highest BCUT2D eigenvalue weighted by molar-refractivity contribution is 5.89. The molecule has 286 valence electrons. The minimum absolute atomic E-state index is 0.00420. The maximum atomic E-state index is 14.4. The Kier molecular flexibility index (Phi) is 9.38. The number of hydrogen-bond acceptors (Lipinski definition) is 0. The van der Waals surface area contributed by atoms with Crippen molar-refractivity contribution in [2.75, 3.05) is 0 Å². The lowest BCUT2D eigenvalue weighted by molar-refractivity contribution is -0.633. The van der Waals surface area contributed by atoms with Crippen molar-refractivity contribution >= 4 is 21.8 Å². The Morgan fingerprint density at radius 3 is 1.62 bits per heavy atom. The molecule has 2 aliphatic rings. The second kappa shape index (κ2) is 13.3. The van der Waals surface area contributed by atoms with E-state index in [0.29, 0.717) is 18.3 Å². The van der Waals surface area contributed by atoms with Crippen LogP contribution in [0.5, 0.6) is 0 Å². The van der Waals surface area contributed by atoms with Crippen LogP contribution < -0.4 is 9.13 Å². The van der Waals surface area contributed by atoms with E-state index in [1.807, 2.05) is 25.2 Å². The van der Waals surface area contributed by atoms with Gasteiger partial charge < -0.3 is 0 Å². The van der Waals surface area contributed by atoms with Crippen molar-refractivity contribution in [1.29, 1.82) is 0 Å². The van der Waals surface area contributed by atoms with Crippen LogP contribution in [0.4, 0.5) is 13.2 Å². The normalized spacial score (nSPS) is 20.1. The summed E-state index contributed by atoms with van der Waals surface area (Å²) in [5, 5.41) is 2.46. The van der Waals surface area contributed by atoms with E-state index in [0.717, 1.165) is 33.3 Å². The van der Waals surface area contributed by atoms with Crippen molar-refractivity contribution in [3.05, 3.63) is 128 Å². The molecular formula is C50H57F3N2+2. The monoisotopic (exact) mass is 742 g/mol. The number of benzene rings is 4. The van der Waals surface area contributed by atoms with E-state index in [1.165, 1.54) is 73.6 Å². The highest BCUT2D eigenvalue weighted by Gasteiger charge is 2.60. The molecule has 2 nitrogen and oxygen atoms in total. The molecule has 0 fully saturated rings. The van der Waals surface area contributed by atoms with Gasteiger partial charge in [-0.2, -0.15) is 22.3 Å². The van der Waals surface area contributed by atoms with E-state index in [-0.39, 0.29) is 6.42 Å². The Bertz CT molecular complexity index is 2540. The highest BCUT2D eigenvalue weighted by Crippen LogP contribution is 2.57. The van der Waals surface area contributed by atoms with E-state index >= 15 is 0 Å². The van der Waals surface area contributed by atoms with Gasteiger partial charge in [0.1, 0.15) is 14.1 Å². The standard InChI is InChI=1S/C27H31F3N.C23H26N/c1-16-11-17(2)18(3)21(12-16)23-13-20-14-25(4,5)26(6,27(28,29)30)15-19-9-8-10-22(24(19)20)31(23)7;1-13-10-14(2)15(3)19(11-13)22-12-20-17(5)16(4)18-8-7-9-21(23(18)20)24(22)6/h8-13H,14-15H2,1-7H3;7-12,16-17H,1-6H3/q2*+1. The van der Waals surface area contributed by atoms with Crippen LogP contribution in [-0.4, -0.2) is 6.18 Å². The quantitative estimate of drug-likeness (QED) is 0.156. The number of alkyl halides is 3. The summed E-state index contributed by atoms with van der Waals surface area (Å²) in [5.41, 5.74) is 17.0. The number of aryl methyl sites for hydroxylation is 6. The Morgan fingerprint density at radius 1 is 0.582 bits per heavy atom. The largest absolute Gasteiger partial charge is 0.395 e. The van der Waals surface area contributed by atoms with Crippen molar-refractivity contribution in [3.8, 4) is 22.5 Å². The third-order valence-corrected chi connectivity index (χ3v) is 14.1. The molecule has 0 radical (unpaired) electrons. The van der Waals surface area contributed by atoms with Gasteiger partial charge in [0.2, 0.25) is 22.4 Å². The molecule has 0 spiro atoms. The van der Waals surface area contributed by atoms with Crippen LogP contribution in [-0.2, 0) is 26.9 Å². The summed E-state index contributed by atoms with van der Waals surface area (Å²) in [6, 6.07) is 26.2. The molecule has 0 saturated heterocycles. The number of halogens is 3. The van der Waals surface area contributed by atoms with E-state index in [4.69, 9.17) is 0 Å². The molecule has 8 rings (SSSR count). The highest BCUT2D eigenvalue weighted by atomic mass is 19.4. The maximum Gasteiger partial charge on any atom is 0.395 e. The molecule has 0 aliphatic heterocycles. The van der Waals surface area contributed by atoms with E-state index in [9.17, 15) is 13.2 Å². The van der Waals surface area contributed by atoms with Gasteiger partial charge in [0.05, 0.1) is 16.2 Å². The van der Waals surface area contributed by atoms with Crippen molar-refractivity contribution in [2.24, 2.45) is 24.9 Å². The lowest BCUT2D eigenvalue weighted by atomic mass is 9.62. The molecule has 5 heteroatoms. The topological polar surface area (TPSA) is 7.76 Å². The third-order valence-electron chi connectivity index (χ3n) is 14.1. The predicted octanol–water partition coefficient (Wildman–Crippen LogP) is 12.4. The SMILES string of the molecule is Cc1cc(C)c(C)c(-c2cc3c4c(cccc4[n+]2C)C(C)C3C)c1.Cc1cc(C)c(C)c(-c2cc3c4c(cccc4[n+]2C)CC(C)(C(F)(F)F)C(C)(C)C3)c1. The van der Waals surface area contributed by atoms with Gasteiger partial charge >= 0.3 is 6.18 Å². The lowest BCUT2D eigenvalue weighted by Gasteiger charge is -2.44. The van der Waals surface area contributed by atoms with Gasteiger partial charge in [-0.1, -0.05) is 82.1 Å². The second-order valence-electron chi connectivity index (χ2n) is 17.9. The minimum atomic E-state index is -4.28. The fourth-order valence-electron chi connectivity index (χ4n) is 9.77. The molecule has 0 amide bonds. The molecular weight excluding hydrogens is 686 g/mol. The molecule has 3 unspecified atom stereocenters. The van der Waals surface area contributed by atoms with Gasteiger partial charge in [0.25, 0.3) is 0 Å². The summed E-state index contributed by atoms with van der Waals surface area (Å²) >= 11 is 0. The Balaban J connectivity index is 0.000000174. The first-order valence-electron chi connectivity index (χ1n) is 19.8. The average Bonchev–Trinajstić information content (AvgIpc) is 3.30. The second-order valence-corrected chi connectivity index (χ2v) is 17.9. The van der Waals surface area contributed by atoms with E-state index < -0.39 is 17.0 Å². The molecule has 0 saturated carbocycles. The number of aromatic nitrogens is 2. The van der Waals surface area contributed by atoms with Gasteiger partial charge in [-0.05, 0) is 128 Å². The first kappa shape index (κ1) is 38.8. The molecule has 2 aliphatic carbocycles. The Labute approximate surface area is 326 Å². The number of pyridine rings is 2. The van der Waals surface area contributed by atoms with Crippen molar-refractivity contribution < 1.29 is 22.3 Å². The molecule has 6 aromatic rings. The molecule has 2 aromatic heterocycles. The summed E-state index contributed by atoms with van der Waals surface area (Å²) in [6.45, 7) is 22.6. The Morgan fingerprint density at radius 2 is 1.07 bits per heavy atom. The molecule has 0 bridgehead atoms. The predicted molar refractivity (Wildman–Crippen MR) is 222 cm³/mol. The van der Waals surface area contributed by atoms with Gasteiger partial charge in [0, 0.05) is 35.4 Å². The molecule has 4 aromatic carbocycles. The molecule has 3 atom stereocenters. The first-order chi connectivity index (χ1) is 25.7. The Hall–Kier alpha value is -4.51. The van der Waals surface area contributed by atoms with Gasteiger partial charge in [0.15, 0.2) is 0 Å². The van der Waals surface area contributed by atoms with Crippen LogP contribution in [0.25, 0.3) is 44.3 Å². The summed E-state index contributed by atoms with van der Waals surface area (Å²) in [4.78, 5) is 0. The summed E-state index contributed by atoms with van der Waals surface area (Å²) in [7, 11) is 4.23. The van der Waals surface area contributed by atoms with Gasteiger partial charge in [-0.25, -0.2) is 0 Å². The maximum absolute atomic E-state index is 14.4. The first-order valence-corrected chi connectivity index (χ1v) is 19.8. The van der Waals surface area contributed by atoms with Crippen molar-refractivity contribution in [2.45, 2.75) is 107 Å². The molecule has 2 heterocycles. The average molecular weight is 743 g/mol. The number of rotatable bonds is 2. The zero-order valence-corrected chi connectivity index (χ0v) is 35.0. The minimum Gasteiger partial charge on any atom is -0.194 e. The summed E-state index contributed by atoms with van der Waals surface area (Å²) < 4.78 is 47.6. The van der Waals surface area contributed by atoms with Crippen LogP contribution in [0.1, 0.15) is 102 Å². The third kappa shape index (κ3) is 6.08. The van der Waals surface area contributed by atoms with Crippen LogP contribution in [0, 0.1) is 52.4 Å². The number of hydrogen-bond donors (Lipinski definition) is 0. The zero-order valence-electron chi connectivity index (χ0n) is 35.0. The molecule has 0 N–H and O–H groups in total. The fraction of sp³-hybridized carbons (Fsp3) is 0.400. The smallest absolute Gasteiger partial charge is 0.194 e.